The van der Waals surface area contributed by atoms with Gasteiger partial charge in [-0.25, -0.2) is 13.8 Å². The number of para-hydroxylation sites is 1. The molecule has 0 bridgehead atoms. The average molecular weight is 439 g/mol. The van der Waals surface area contributed by atoms with Crippen LogP contribution in [0.4, 0.5) is 5.00 Å². The van der Waals surface area contributed by atoms with Crippen molar-refractivity contribution in [1.29, 1.82) is 0 Å². The molecule has 1 aromatic carbocycles. The number of carboxylic acids is 1. The molecule has 0 saturated carbocycles. The first-order valence-electron chi connectivity index (χ1n) is 9.08. The van der Waals surface area contributed by atoms with Gasteiger partial charge in [0.1, 0.15) is 15.4 Å². The Kier molecular flexibility index (Phi) is 5.23. The Labute approximate surface area is 180 Å². The average Bonchev–Trinajstić information content (AvgIpc) is 3.40. The van der Waals surface area contributed by atoms with Crippen LogP contribution in [0.25, 0.3) is 16.8 Å². The van der Waals surface area contributed by atoms with E-state index in [1.165, 1.54) is 11.3 Å². The molecule has 0 spiro atoms. The monoisotopic (exact) mass is 438 g/mol. The van der Waals surface area contributed by atoms with Crippen molar-refractivity contribution >= 4 is 39.7 Å². The van der Waals surface area contributed by atoms with Gasteiger partial charge in [-0.2, -0.15) is 5.10 Å². The molecule has 7 nitrogen and oxygen atoms in total. The van der Waals surface area contributed by atoms with Crippen LogP contribution in [0.15, 0.2) is 41.9 Å². The molecule has 1 amide bonds. The number of rotatable bonds is 5. The maximum absolute atomic E-state index is 12.6. The van der Waals surface area contributed by atoms with Gasteiger partial charge in [-0.15, -0.1) is 11.3 Å². The number of amides is 1. The summed E-state index contributed by atoms with van der Waals surface area (Å²) in [5.41, 5.74) is 4.55. The predicted octanol–water partition coefficient (Wildman–Crippen LogP) is 4.93. The van der Waals surface area contributed by atoms with Crippen molar-refractivity contribution in [3.63, 3.8) is 0 Å². The number of carbonyl (C=O) groups excluding carboxylic acids is 1. The Balaban J connectivity index is 1.78. The first kappa shape index (κ1) is 20.0. The number of carbonyl (C=O) groups is 2. The molecular formula is C21H18N4O3S2. The van der Waals surface area contributed by atoms with Crippen molar-refractivity contribution < 1.29 is 14.7 Å². The lowest BCUT2D eigenvalue weighted by Gasteiger charge is -2.07. The van der Waals surface area contributed by atoms with Crippen LogP contribution in [0.2, 0.25) is 0 Å². The third-order valence-electron chi connectivity index (χ3n) is 4.75. The van der Waals surface area contributed by atoms with Crippen LogP contribution in [-0.2, 0) is 0 Å². The molecule has 3 aromatic heterocycles. The number of aryl methyl sites for hydroxylation is 2. The summed E-state index contributed by atoms with van der Waals surface area (Å²) in [6.45, 7) is 5.55. The number of hydrogen-bond donors (Lipinski definition) is 2. The van der Waals surface area contributed by atoms with Gasteiger partial charge in [0.25, 0.3) is 5.91 Å². The fourth-order valence-corrected chi connectivity index (χ4v) is 4.95. The Morgan fingerprint density at radius 1 is 1.13 bits per heavy atom. The maximum atomic E-state index is 12.6. The molecule has 4 aromatic rings. The van der Waals surface area contributed by atoms with Gasteiger partial charge in [-0.1, -0.05) is 18.2 Å². The van der Waals surface area contributed by atoms with E-state index in [2.05, 4.69) is 14.8 Å². The molecule has 0 unspecified atom stereocenters. The van der Waals surface area contributed by atoms with Crippen LogP contribution < -0.4 is 5.32 Å². The minimum absolute atomic E-state index is 0.0642. The lowest BCUT2D eigenvalue weighted by Crippen LogP contribution is -2.13. The van der Waals surface area contributed by atoms with E-state index in [0.717, 1.165) is 34.0 Å². The minimum atomic E-state index is -1.10. The van der Waals surface area contributed by atoms with E-state index >= 15 is 0 Å². The molecule has 0 fully saturated rings. The SMILES string of the molecule is Cc1cnsc1C(=O)Nc1scc(-c2c(C)nn(-c3ccccc3)c2C)c1C(=O)O. The predicted molar refractivity (Wildman–Crippen MR) is 118 cm³/mol. The largest absolute Gasteiger partial charge is 0.478 e. The fourth-order valence-electron chi connectivity index (χ4n) is 3.37. The summed E-state index contributed by atoms with van der Waals surface area (Å²) in [5, 5.41) is 19.3. The van der Waals surface area contributed by atoms with Crippen molar-refractivity contribution in [2.75, 3.05) is 5.32 Å². The second kappa shape index (κ2) is 7.85. The van der Waals surface area contributed by atoms with Crippen molar-refractivity contribution in [2.24, 2.45) is 0 Å². The van der Waals surface area contributed by atoms with Gasteiger partial charge in [-0.3, -0.25) is 4.79 Å². The van der Waals surface area contributed by atoms with E-state index in [1.807, 2.05) is 44.2 Å². The van der Waals surface area contributed by atoms with Gasteiger partial charge in [0, 0.05) is 28.4 Å². The Bertz CT molecular complexity index is 1250. The highest BCUT2D eigenvalue weighted by atomic mass is 32.1. The van der Waals surface area contributed by atoms with Gasteiger partial charge in [0.15, 0.2) is 0 Å². The van der Waals surface area contributed by atoms with E-state index < -0.39 is 5.97 Å². The smallest absolute Gasteiger partial charge is 0.339 e. The third-order valence-corrected chi connectivity index (χ3v) is 6.54. The molecule has 30 heavy (non-hydrogen) atoms. The number of anilines is 1. The number of thiophene rings is 1. The number of carboxylic acid groups (broad SMARTS) is 1. The summed E-state index contributed by atoms with van der Waals surface area (Å²) >= 11 is 2.27. The number of hydrogen-bond acceptors (Lipinski definition) is 6. The molecule has 152 valence electrons. The molecule has 0 aliphatic heterocycles. The van der Waals surface area contributed by atoms with Crippen LogP contribution in [-0.4, -0.2) is 31.1 Å². The lowest BCUT2D eigenvalue weighted by molar-refractivity contribution is 0.0699. The highest BCUT2D eigenvalue weighted by molar-refractivity contribution is 7.15. The molecule has 0 aliphatic carbocycles. The van der Waals surface area contributed by atoms with Crippen LogP contribution >= 0.6 is 22.9 Å². The van der Waals surface area contributed by atoms with E-state index in [9.17, 15) is 14.7 Å². The quantitative estimate of drug-likeness (QED) is 0.460. The molecule has 2 N–H and O–H groups in total. The highest BCUT2D eigenvalue weighted by Gasteiger charge is 2.26. The number of aromatic carboxylic acids is 1. The third kappa shape index (κ3) is 3.42. The van der Waals surface area contributed by atoms with Crippen molar-refractivity contribution in [3.05, 3.63) is 69.3 Å². The zero-order valence-electron chi connectivity index (χ0n) is 16.5. The number of nitrogens with zero attached hydrogens (tertiary/aromatic N) is 3. The number of aromatic nitrogens is 3. The molecule has 9 heteroatoms. The molecule has 3 heterocycles. The zero-order chi connectivity index (χ0) is 21.4. The van der Waals surface area contributed by atoms with Crippen molar-refractivity contribution in [3.8, 4) is 16.8 Å². The highest BCUT2D eigenvalue weighted by Crippen LogP contribution is 2.39. The lowest BCUT2D eigenvalue weighted by atomic mass is 10.0. The van der Waals surface area contributed by atoms with Gasteiger partial charge < -0.3 is 10.4 Å². The van der Waals surface area contributed by atoms with Crippen molar-refractivity contribution in [2.45, 2.75) is 20.8 Å². The summed E-state index contributed by atoms with van der Waals surface area (Å²) < 4.78 is 5.80. The Morgan fingerprint density at radius 2 is 1.87 bits per heavy atom. The first-order chi connectivity index (χ1) is 14.4. The van der Waals surface area contributed by atoms with Gasteiger partial charge in [-0.05, 0) is 50.0 Å². The fraction of sp³-hybridized carbons (Fsp3) is 0.143. The minimum Gasteiger partial charge on any atom is -0.478 e. The Morgan fingerprint density at radius 3 is 2.50 bits per heavy atom. The van der Waals surface area contributed by atoms with Gasteiger partial charge >= 0.3 is 5.97 Å². The number of nitrogens with one attached hydrogen (secondary N) is 1. The van der Waals surface area contributed by atoms with E-state index in [1.54, 1.807) is 23.2 Å². The summed E-state index contributed by atoms with van der Waals surface area (Å²) in [5.74, 6) is -1.46. The van der Waals surface area contributed by atoms with Crippen molar-refractivity contribution in [1.82, 2.24) is 14.2 Å². The molecule has 0 aliphatic rings. The van der Waals surface area contributed by atoms with E-state index in [4.69, 9.17) is 0 Å². The molecular weight excluding hydrogens is 420 g/mol. The van der Waals surface area contributed by atoms with Gasteiger partial charge in [0.2, 0.25) is 0 Å². The summed E-state index contributed by atoms with van der Waals surface area (Å²) in [7, 11) is 0. The maximum Gasteiger partial charge on any atom is 0.339 e. The first-order valence-corrected chi connectivity index (χ1v) is 10.7. The zero-order valence-corrected chi connectivity index (χ0v) is 18.1. The molecule has 0 atom stereocenters. The van der Waals surface area contributed by atoms with Crippen LogP contribution in [0, 0.1) is 20.8 Å². The van der Waals surface area contributed by atoms with E-state index in [0.29, 0.717) is 21.1 Å². The van der Waals surface area contributed by atoms with Crippen LogP contribution in [0.1, 0.15) is 37.0 Å². The summed E-state index contributed by atoms with van der Waals surface area (Å²) in [6.07, 6.45) is 1.61. The molecule has 4 rings (SSSR count). The second-order valence-electron chi connectivity index (χ2n) is 6.74. The second-order valence-corrected chi connectivity index (χ2v) is 8.43. The Hall–Kier alpha value is -3.30. The normalized spacial score (nSPS) is 10.9. The topological polar surface area (TPSA) is 97.1 Å². The summed E-state index contributed by atoms with van der Waals surface area (Å²) in [4.78, 5) is 25.2. The standard InChI is InChI=1S/C21H18N4O3S2/c1-11-9-22-30-18(11)19(26)23-20-17(21(27)28)15(10-29-20)16-12(2)24-25(13(16)3)14-7-5-4-6-8-14/h4-10H,1-3H3,(H,23,26)(H,27,28). The van der Waals surface area contributed by atoms with Crippen LogP contribution in [0.5, 0.6) is 0 Å². The van der Waals surface area contributed by atoms with E-state index in [-0.39, 0.29) is 11.5 Å². The van der Waals surface area contributed by atoms with Gasteiger partial charge in [0.05, 0.1) is 11.4 Å². The molecule has 0 saturated heterocycles. The number of benzene rings is 1. The van der Waals surface area contributed by atoms with Crippen LogP contribution in [0.3, 0.4) is 0 Å². The summed E-state index contributed by atoms with van der Waals surface area (Å²) in [6, 6.07) is 9.66. The molecule has 0 radical (unpaired) electrons.